The lowest BCUT2D eigenvalue weighted by Gasteiger charge is -2.28. The Morgan fingerprint density at radius 1 is 1.07 bits per heavy atom. The lowest BCUT2D eigenvalue weighted by atomic mass is 10.2. The molecular formula is C22H26N2O6. The van der Waals surface area contributed by atoms with Crippen LogP contribution in [0, 0.1) is 0 Å². The molecule has 2 aromatic rings. The molecule has 30 heavy (non-hydrogen) atoms. The average molecular weight is 414 g/mol. The number of amides is 1. The normalized spacial score (nSPS) is 14.5. The third kappa shape index (κ3) is 5.87. The highest BCUT2D eigenvalue weighted by atomic mass is 16.6. The molecule has 1 heterocycles. The molecule has 0 aliphatic carbocycles. The number of rotatable bonds is 8. The highest BCUT2D eigenvalue weighted by molar-refractivity contribution is 5.95. The highest BCUT2D eigenvalue weighted by Crippen LogP contribution is 2.25. The molecule has 1 saturated heterocycles. The molecule has 0 bridgehead atoms. The third-order valence-electron chi connectivity index (χ3n) is 4.60. The van der Waals surface area contributed by atoms with E-state index in [1.165, 1.54) is 14.0 Å². The summed E-state index contributed by atoms with van der Waals surface area (Å²) in [5.74, 6) is -0.128. The van der Waals surface area contributed by atoms with Crippen molar-refractivity contribution in [3.05, 3.63) is 48.5 Å². The maximum Gasteiger partial charge on any atom is 0.344 e. The summed E-state index contributed by atoms with van der Waals surface area (Å²) in [5, 5.41) is 2.75. The van der Waals surface area contributed by atoms with E-state index in [0.717, 1.165) is 18.8 Å². The molecule has 1 aliphatic rings. The van der Waals surface area contributed by atoms with E-state index in [9.17, 15) is 9.59 Å². The minimum Gasteiger partial charge on any atom is -0.493 e. The molecule has 160 valence electrons. The summed E-state index contributed by atoms with van der Waals surface area (Å²) < 4.78 is 21.1. The Labute approximate surface area is 175 Å². The highest BCUT2D eigenvalue weighted by Gasteiger charge is 2.19. The van der Waals surface area contributed by atoms with Crippen LogP contribution in [0.2, 0.25) is 0 Å². The first-order valence-corrected chi connectivity index (χ1v) is 9.75. The Hall–Kier alpha value is -3.26. The van der Waals surface area contributed by atoms with Crippen molar-refractivity contribution in [1.82, 2.24) is 0 Å². The van der Waals surface area contributed by atoms with Gasteiger partial charge in [0.05, 0.1) is 20.3 Å². The first-order valence-electron chi connectivity index (χ1n) is 9.75. The second-order valence-electron chi connectivity index (χ2n) is 6.71. The smallest absolute Gasteiger partial charge is 0.344 e. The van der Waals surface area contributed by atoms with Gasteiger partial charge in [0.25, 0.3) is 5.91 Å². The van der Waals surface area contributed by atoms with E-state index in [2.05, 4.69) is 10.2 Å². The molecule has 8 nitrogen and oxygen atoms in total. The molecule has 1 amide bonds. The number of para-hydroxylation sites is 2. The van der Waals surface area contributed by atoms with E-state index in [1.54, 1.807) is 24.3 Å². The van der Waals surface area contributed by atoms with E-state index >= 15 is 0 Å². The number of nitrogens with one attached hydrogen (secondary N) is 1. The Bertz CT molecular complexity index is 849. The predicted molar refractivity (Wildman–Crippen MR) is 112 cm³/mol. The minimum atomic E-state index is -0.960. The molecule has 8 heteroatoms. The maximum absolute atomic E-state index is 12.3. The Balaban J connectivity index is 1.46. The molecule has 2 aromatic carbocycles. The summed E-state index contributed by atoms with van der Waals surface area (Å²) in [5.41, 5.74) is 1.70. The second kappa shape index (κ2) is 10.5. The number of benzene rings is 2. The van der Waals surface area contributed by atoms with Crippen LogP contribution < -0.4 is 19.7 Å². The molecule has 3 rings (SSSR count). The Morgan fingerprint density at radius 3 is 2.40 bits per heavy atom. The number of nitrogens with zero attached hydrogens (tertiary/aromatic N) is 1. The number of esters is 1. The standard InChI is InChI=1S/C22H26N2O6/c1-16(30-21(25)15-29-20-6-4-3-5-19(20)27-2)22(26)23-17-7-9-18(10-8-17)24-11-13-28-14-12-24/h3-10,16H,11-15H2,1-2H3,(H,23,26)/t16-/m0/s1. The number of carbonyl (C=O) groups excluding carboxylic acids is 2. The minimum absolute atomic E-state index is 0.327. The van der Waals surface area contributed by atoms with Gasteiger partial charge >= 0.3 is 5.97 Å². The molecule has 1 fully saturated rings. The van der Waals surface area contributed by atoms with Gasteiger partial charge in [-0.2, -0.15) is 0 Å². The summed E-state index contributed by atoms with van der Waals surface area (Å²) >= 11 is 0. The van der Waals surface area contributed by atoms with Crippen LogP contribution in [0.25, 0.3) is 0 Å². The van der Waals surface area contributed by atoms with Crippen molar-refractivity contribution in [3.63, 3.8) is 0 Å². The monoisotopic (exact) mass is 414 g/mol. The van der Waals surface area contributed by atoms with Crippen LogP contribution in [0.3, 0.4) is 0 Å². The van der Waals surface area contributed by atoms with Gasteiger partial charge in [-0.15, -0.1) is 0 Å². The summed E-state index contributed by atoms with van der Waals surface area (Å²) in [4.78, 5) is 26.6. The van der Waals surface area contributed by atoms with E-state index in [0.29, 0.717) is 30.4 Å². The number of methoxy groups -OCH3 is 1. The van der Waals surface area contributed by atoms with Crippen LogP contribution in [0.15, 0.2) is 48.5 Å². The summed E-state index contributed by atoms with van der Waals surface area (Å²) in [6, 6.07) is 14.5. The van der Waals surface area contributed by atoms with Crippen molar-refractivity contribution < 1.29 is 28.5 Å². The van der Waals surface area contributed by atoms with Gasteiger partial charge in [0.2, 0.25) is 0 Å². The summed E-state index contributed by atoms with van der Waals surface area (Å²) in [6.45, 7) is 4.29. The fourth-order valence-corrected chi connectivity index (χ4v) is 2.98. The third-order valence-corrected chi connectivity index (χ3v) is 4.60. The van der Waals surface area contributed by atoms with Crippen molar-refractivity contribution >= 4 is 23.3 Å². The van der Waals surface area contributed by atoms with E-state index < -0.39 is 18.0 Å². The molecule has 1 atom stereocenters. The van der Waals surface area contributed by atoms with Crippen molar-refractivity contribution in [3.8, 4) is 11.5 Å². The van der Waals surface area contributed by atoms with Gasteiger partial charge in [-0.05, 0) is 43.3 Å². The number of anilines is 2. The van der Waals surface area contributed by atoms with E-state index in [-0.39, 0.29) is 6.61 Å². The molecule has 0 radical (unpaired) electrons. The molecule has 1 aliphatic heterocycles. The van der Waals surface area contributed by atoms with Crippen LogP contribution in [0.5, 0.6) is 11.5 Å². The molecule has 1 N–H and O–H groups in total. The summed E-state index contributed by atoms with van der Waals surface area (Å²) in [7, 11) is 1.51. The molecule has 0 aromatic heterocycles. The van der Waals surface area contributed by atoms with Crippen molar-refractivity contribution in [2.24, 2.45) is 0 Å². The maximum atomic E-state index is 12.3. The zero-order chi connectivity index (χ0) is 21.3. The van der Waals surface area contributed by atoms with Crippen molar-refractivity contribution in [2.75, 3.05) is 50.2 Å². The first kappa shape index (κ1) is 21.4. The topological polar surface area (TPSA) is 86.3 Å². The number of ether oxygens (including phenoxy) is 4. The fourth-order valence-electron chi connectivity index (χ4n) is 2.98. The number of hydrogen-bond acceptors (Lipinski definition) is 7. The second-order valence-corrected chi connectivity index (χ2v) is 6.71. The Kier molecular flexibility index (Phi) is 7.51. The van der Waals surface area contributed by atoms with Crippen LogP contribution in [0.1, 0.15) is 6.92 Å². The van der Waals surface area contributed by atoms with Crippen molar-refractivity contribution in [2.45, 2.75) is 13.0 Å². The number of morpholine rings is 1. The predicted octanol–water partition coefficient (Wildman–Crippen LogP) is 2.48. The zero-order valence-electron chi connectivity index (χ0n) is 17.1. The largest absolute Gasteiger partial charge is 0.493 e. The lowest BCUT2D eigenvalue weighted by molar-refractivity contribution is -0.155. The fraction of sp³-hybridized carbons (Fsp3) is 0.364. The van der Waals surface area contributed by atoms with Gasteiger partial charge < -0.3 is 29.2 Å². The Morgan fingerprint density at radius 2 is 1.73 bits per heavy atom. The van der Waals surface area contributed by atoms with Crippen LogP contribution in [0.4, 0.5) is 11.4 Å². The van der Waals surface area contributed by atoms with Crippen LogP contribution in [-0.4, -0.2) is 58.0 Å². The van der Waals surface area contributed by atoms with Crippen molar-refractivity contribution in [1.29, 1.82) is 0 Å². The van der Waals surface area contributed by atoms with Gasteiger partial charge in [0.1, 0.15) is 0 Å². The molecular weight excluding hydrogens is 388 g/mol. The van der Waals surface area contributed by atoms with Gasteiger partial charge in [-0.25, -0.2) is 4.79 Å². The van der Waals surface area contributed by atoms with Crippen LogP contribution >= 0.6 is 0 Å². The van der Waals surface area contributed by atoms with Gasteiger partial charge in [0, 0.05) is 24.5 Å². The quantitative estimate of drug-likeness (QED) is 0.664. The van der Waals surface area contributed by atoms with E-state index in [4.69, 9.17) is 18.9 Å². The number of carbonyl (C=O) groups is 2. The SMILES string of the molecule is COc1ccccc1OCC(=O)O[C@@H](C)C(=O)Nc1ccc(N2CCOCC2)cc1. The average Bonchev–Trinajstić information content (AvgIpc) is 2.79. The molecule has 0 spiro atoms. The first-order chi connectivity index (χ1) is 14.6. The lowest BCUT2D eigenvalue weighted by Crippen LogP contribution is -2.36. The van der Waals surface area contributed by atoms with Gasteiger partial charge in [-0.1, -0.05) is 12.1 Å². The summed E-state index contributed by atoms with van der Waals surface area (Å²) in [6.07, 6.45) is -0.960. The van der Waals surface area contributed by atoms with Crippen LogP contribution in [-0.2, 0) is 19.1 Å². The number of hydrogen-bond donors (Lipinski definition) is 1. The van der Waals surface area contributed by atoms with E-state index in [1.807, 2.05) is 24.3 Å². The van der Waals surface area contributed by atoms with Gasteiger partial charge in [-0.3, -0.25) is 4.79 Å². The zero-order valence-corrected chi connectivity index (χ0v) is 17.1. The van der Waals surface area contributed by atoms with Gasteiger partial charge in [0.15, 0.2) is 24.2 Å². The molecule has 0 unspecified atom stereocenters. The molecule has 0 saturated carbocycles.